The average Bonchev–Trinajstić information content (AvgIpc) is 3.01. The highest BCUT2D eigenvalue weighted by Crippen LogP contribution is 2.22. The molecule has 2 N–H and O–H groups in total. The molecule has 0 amide bonds. The fourth-order valence-electron chi connectivity index (χ4n) is 2.53. The highest BCUT2D eigenvalue weighted by Gasteiger charge is 2.19. The number of hydrogen-bond donors (Lipinski definition) is 1. The first-order chi connectivity index (χ1) is 12.0. The summed E-state index contributed by atoms with van der Waals surface area (Å²) in [5.41, 5.74) is 9.82. The molecule has 3 rings (SSSR count). The molecule has 0 radical (unpaired) electrons. The van der Waals surface area contributed by atoms with Crippen molar-refractivity contribution in [2.24, 2.45) is 0 Å². The van der Waals surface area contributed by atoms with Crippen molar-refractivity contribution in [1.82, 2.24) is 19.9 Å². The number of aryl methyl sites for hydroxylation is 4. The van der Waals surface area contributed by atoms with Gasteiger partial charge in [-0.25, -0.2) is 15.0 Å². The maximum Gasteiger partial charge on any atom is 0.247 e. The molecule has 0 saturated heterocycles. The van der Waals surface area contributed by atoms with Crippen LogP contribution in [-0.2, 0) is 6.42 Å². The summed E-state index contributed by atoms with van der Waals surface area (Å²) in [6.45, 7) is 5.54. The summed E-state index contributed by atoms with van der Waals surface area (Å²) in [6.07, 6.45) is 4.05. The van der Waals surface area contributed by atoms with E-state index in [1.54, 1.807) is 13.1 Å². The smallest absolute Gasteiger partial charge is 0.247 e. The molecule has 128 valence electrons. The monoisotopic (exact) mass is 337 g/mol. The van der Waals surface area contributed by atoms with E-state index in [0.717, 1.165) is 17.0 Å². The van der Waals surface area contributed by atoms with E-state index >= 15 is 0 Å². The summed E-state index contributed by atoms with van der Waals surface area (Å²) < 4.78 is 5.34. The summed E-state index contributed by atoms with van der Waals surface area (Å²) in [4.78, 5) is 29.6. The van der Waals surface area contributed by atoms with Crippen LogP contribution in [0.25, 0.3) is 11.6 Å². The van der Waals surface area contributed by atoms with Gasteiger partial charge in [0, 0.05) is 18.3 Å². The van der Waals surface area contributed by atoms with Crippen LogP contribution in [-0.4, -0.2) is 25.7 Å². The van der Waals surface area contributed by atoms with E-state index in [1.165, 1.54) is 6.26 Å². The van der Waals surface area contributed by atoms with Crippen molar-refractivity contribution in [1.29, 1.82) is 0 Å². The lowest BCUT2D eigenvalue weighted by atomic mass is 10.1. The molecule has 0 aromatic carbocycles. The SMILES string of the molecule is Cc1coc(-c2nc(N)c(C(=O)CCc3ncccc3C)nc2C)n1. The van der Waals surface area contributed by atoms with Crippen molar-refractivity contribution in [2.45, 2.75) is 33.6 Å². The van der Waals surface area contributed by atoms with E-state index in [9.17, 15) is 4.79 Å². The van der Waals surface area contributed by atoms with Crippen molar-refractivity contribution in [3.63, 3.8) is 0 Å². The molecule has 0 fully saturated rings. The fraction of sp³-hybridized carbons (Fsp3) is 0.278. The first kappa shape index (κ1) is 16.8. The molecule has 3 aromatic heterocycles. The van der Waals surface area contributed by atoms with Crippen LogP contribution in [0.1, 0.15) is 39.6 Å². The number of ketones is 1. The molecular formula is C18H19N5O2. The van der Waals surface area contributed by atoms with Gasteiger partial charge in [-0.2, -0.15) is 0 Å². The molecule has 7 heteroatoms. The van der Waals surface area contributed by atoms with Gasteiger partial charge >= 0.3 is 0 Å². The second-order valence-electron chi connectivity index (χ2n) is 5.88. The second-order valence-corrected chi connectivity index (χ2v) is 5.88. The molecule has 0 aliphatic heterocycles. The van der Waals surface area contributed by atoms with E-state index < -0.39 is 0 Å². The van der Waals surface area contributed by atoms with Crippen LogP contribution in [0, 0.1) is 20.8 Å². The maximum atomic E-state index is 12.5. The second kappa shape index (κ2) is 6.80. The predicted octanol–water partition coefficient (Wildman–Crippen LogP) is 2.85. The number of pyridine rings is 1. The fourth-order valence-corrected chi connectivity index (χ4v) is 2.53. The number of hydrogen-bond acceptors (Lipinski definition) is 7. The molecule has 3 aromatic rings. The van der Waals surface area contributed by atoms with E-state index in [1.807, 2.05) is 26.0 Å². The molecular weight excluding hydrogens is 318 g/mol. The minimum absolute atomic E-state index is 0.0826. The summed E-state index contributed by atoms with van der Waals surface area (Å²) in [6, 6.07) is 3.84. The molecule has 0 aliphatic rings. The largest absolute Gasteiger partial charge is 0.443 e. The average molecular weight is 337 g/mol. The lowest BCUT2D eigenvalue weighted by Gasteiger charge is -2.08. The summed E-state index contributed by atoms with van der Waals surface area (Å²) in [5, 5.41) is 0. The van der Waals surface area contributed by atoms with Crippen molar-refractivity contribution >= 4 is 11.6 Å². The predicted molar refractivity (Wildman–Crippen MR) is 93.0 cm³/mol. The molecule has 0 saturated carbocycles. The van der Waals surface area contributed by atoms with E-state index in [-0.39, 0.29) is 23.7 Å². The Labute approximate surface area is 145 Å². The van der Waals surface area contributed by atoms with Gasteiger partial charge < -0.3 is 10.2 Å². The van der Waals surface area contributed by atoms with Crippen LogP contribution in [0.3, 0.4) is 0 Å². The summed E-state index contributed by atoms with van der Waals surface area (Å²) >= 11 is 0. The quantitative estimate of drug-likeness (QED) is 0.713. The molecule has 3 heterocycles. The van der Waals surface area contributed by atoms with Gasteiger partial charge in [0.15, 0.2) is 11.6 Å². The Kier molecular flexibility index (Phi) is 4.56. The lowest BCUT2D eigenvalue weighted by Crippen LogP contribution is -2.12. The third-order valence-corrected chi connectivity index (χ3v) is 3.89. The van der Waals surface area contributed by atoms with Crippen LogP contribution < -0.4 is 5.73 Å². The number of nitrogen functional groups attached to an aromatic ring is 1. The number of anilines is 1. The van der Waals surface area contributed by atoms with Crippen LogP contribution in [0.4, 0.5) is 5.82 Å². The number of nitrogens with zero attached hydrogens (tertiary/aromatic N) is 4. The van der Waals surface area contributed by atoms with Gasteiger partial charge in [0.2, 0.25) is 5.89 Å². The van der Waals surface area contributed by atoms with E-state index in [4.69, 9.17) is 10.2 Å². The number of oxazole rings is 1. The third kappa shape index (κ3) is 3.55. The number of nitrogens with two attached hydrogens (primary N) is 1. The Balaban J connectivity index is 1.81. The zero-order valence-corrected chi connectivity index (χ0v) is 14.4. The molecule has 7 nitrogen and oxygen atoms in total. The Morgan fingerprint density at radius 3 is 2.68 bits per heavy atom. The van der Waals surface area contributed by atoms with Gasteiger partial charge in [0.05, 0.1) is 11.4 Å². The number of rotatable bonds is 5. The molecule has 25 heavy (non-hydrogen) atoms. The van der Waals surface area contributed by atoms with E-state index in [2.05, 4.69) is 19.9 Å². The van der Waals surface area contributed by atoms with Gasteiger partial charge in [-0.15, -0.1) is 0 Å². The van der Waals surface area contributed by atoms with Crippen LogP contribution >= 0.6 is 0 Å². The number of carbonyl (C=O) groups is 1. The highest BCUT2D eigenvalue weighted by molar-refractivity contribution is 5.98. The van der Waals surface area contributed by atoms with Crippen molar-refractivity contribution in [2.75, 3.05) is 5.73 Å². The first-order valence-corrected chi connectivity index (χ1v) is 7.96. The van der Waals surface area contributed by atoms with Crippen LogP contribution in [0.15, 0.2) is 29.0 Å². The molecule has 0 spiro atoms. The van der Waals surface area contributed by atoms with Crippen LogP contribution in [0.2, 0.25) is 0 Å². The number of carbonyl (C=O) groups excluding carboxylic acids is 1. The summed E-state index contributed by atoms with van der Waals surface area (Å²) in [5.74, 6) is 0.268. The third-order valence-electron chi connectivity index (χ3n) is 3.89. The van der Waals surface area contributed by atoms with Crippen LogP contribution in [0.5, 0.6) is 0 Å². The van der Waals surface area contributed by atoms with Gasteiger partial charge in [-0.1, -0.05) is 6.07 Å². The van der Waals surface area contributed by atoms with Crippen molar-refractivity contribution in [3.8, 4) is 11.6 Å². The molecule has 0 aliphatic carbocycles. The van der Waals surface area contributed by atoms with Gasteiger partial charge in [0.25, 0.3) is 0 Å². The lowest BCUT2D eigenvalue weighted by molar-refractivity contribution is 0.0978. The van der Waals surface area contributed by atoms with Gasteiger partial charge in [-0.3, -0.25) is 9.78 Å². The first-order valence-electron chi connectivity index (χ1n) is 7.96. The maximum absolute atomic E-state index is 12.5. The summed E-state index contributed by atoms with van der Waals surface area (Å²) in [7, 11) is 0. The van der Waals surface area contributed by atoms with Gasteiger partial charge in [-0.05, 0) is 38.8 Å². The molecule has 0 bridgehead atoms. The highest BCUT2D eigenvalue weighted by atomic mass is 16.3. The molecule has 0 unspecified atom stereocenters. The van der Waals surface area contributed by atoms with Gasteiger partial charge in [0.1, 0.15) is 17.7 Å². The Bertz CT molecular complexity index is 933. The Hall–Kier alpha value is -3.09. The van der Waals surface area contributed by atoms with Crippen molar-refractivity contribution in [3.05, 3.63) is 52.9 Å². The zero-order chi connectivity index (χ0) is 18.0. The minimum Gasteiger partial charge on any atom is -0.443 e. The Morgan fingerprint density at radius 2 is 2.00 bits per heavy atom. The molecule has 0 atom stereocenters. The zero-order valence-electron chi connectivity index (χ0n) is 14.4. The minimum atomic E-state index is -0.159. The normalized spacial score (nSPS) is 10.8. The topological polar surface area (TPSA) is 108 Å². The standard InChI is InChI=1S/C18H19N5O2/c1-10-5-4-8-20-13(10)6-7-14(24)16-17(19)23-15(12(3)22-16)18-21-11(2)9-25-18/h4-5,8-9H,6-7H2,1-3H3,(H2,19,23). The Morgan fingerprint density at radius 1 is 1.20 bits per heavy atom. The van der Waals surface area contributed by atoms with Crippen molar-refractivity contribution < 1.29 is 9.21 Å². The number of Topliss-reactive ketones (excluding diaryl/α,β-unsaturated/α-hetero) is 1. The van der Waals surface area contributed by atoms with E-state index in [0.29, 0.717) is 23.7 Å². The number of aromatic nitrogens is 4.